The lowest BCUT2D eigenvalue weighted by Crippen LogP contribution is -2.26. The highest BCUT2D eigenvalue weighted by Gasteiger charge is 2.23. The second-order valence-corrected chi connectivity index (χ2v) is 8.37. The summed E-state index contributed by atoms with van der Waals surface area (Å²) in [5, 5.41) is 9.41. The van der Waals surface area contributed by atoms with Gasteiger partial charge in [0.1, 0.15) is 16.5 Å². The third-order valence-electron chi connectivity index (χ3n) is 5.05. The van der Waals surface area contributed by atoms with E-state index in [1.54, 1.807) is 61.9 Å². The van der Waals surface area contributed by atoms with Crippen molar-refractivity contribution in [2.24, 2.45) is 0 Å². The van der Waals surface area contributed by atoms with E-state index in [1.807, 2.05) is 13.0 Å². The summed E-state index contributed by atoms with van der Waals surface area (Å²) in [4.78, 5) is 38.7. The monoisotopic (exact) mass is 493 g/mol. The molecule has 1 amide bonds. The number of ether oxygens (including phenoxy) is 3. The molecule has 0 aliphatic rings. The number of anilines is 1. The van der Waals surface area contributed by atoms with Gasteiger partial charge in [0.15, 0.2) is 12.3 Å². The number of hydrogen-bond donors (Lipinski definition) is 1. The molecule has 0 spiro atoms. The van der Waals surface area contributed by atoms with Crippen molar-refractivity contribution in [3.63, 3.8) is 0 Å². The van der Waals surface area contributed by atoms with Crippen molar-refractivity contribution in [1.29, 1.82) is 0 Å². The lowest BCUT2D eigenvalue weighted by Gasteiger charge is -2.11. The normalized spacial score (nSPS) is 10.7. The van der Waals surface area contributed by atoms with Gasteiger partial charge in [-0.25, -0.2) is 4.79 Å². The summed E-state index contributed by atoms with van der Waals surface area (Å²) in [6, 6.07) is 14.0. The van der Waals surface area contributed by atoms with Crippen molar-refractivity contribution in [3.8, 4) is 17.2 Å². The first-order chi connectivity index (χ1) is 16.9. The molecule has 9 nitrogen and oxygen atoms in total. The first-order valence-corrected chi connectivity index (χ1v) is 11.6. The standard InChI is InChI=1S/C25H23N3O6S/c1-4-33-25(31)22-19-14-35-23(26-20(29)13-34-18-10-8-17(32-3)9-11-18)21(19)24(30)28(27-22)16-7-5-6-15(2)12-16/h5-12,14H,4,13H2,1-3H3,(H,26,29). The molecule has 180 valence electrons. The molecule has 2 aromatic heterocycles. The van der Waals surface area contributed by atoms with E-state index >= 15 is 0 Å². The maximum absolute atomic E-state index is 13.4. The summed E-state index contributed by atoms with van der Waals surface area (Å²) in [5.74, 6) is 0.0494. The Hall–Kier alpha value is -4.18. The number of fused-ring (bicyclic) bond motifs is 1. The number of benzene rings is 2. The first-order valence-electron chi connectivity index (χ1n) is 10.8. The van der Waals surface area contributed by atoms with Crippen LogP contribution in [0.5, 0.6) is 11.5 Å². The zero-order chi connectivity index (χ0) is 24.9. The molecule has 0 saturated carbocycles. The van der Waals surface area contributed by atoms with Gasteiger partial charge in [-0.15, -0.1) is 11.3 Å². The Bertz CT molecular complexity index is 1440. The molecule has 0 fully saturated rings. The summed E-state index contributed by atoms with van der Waals surface area (Å²) >= 11 is 1.12. The van der Waals surface area contributed by atoms with Gasteiger partial charge in [0.25, 0.3) is 11.5 Å². The summed E-state index contributed by atoms with van der Waals surface area (Å²) in [5.41, 5.74) is 0.942. The molecule has 4 aromatic rings. The van der Waals surface area contributed by atoms with Crippen molar-refractivity contribution in [1.82, 2.24) is 9.78 Å². The van der Waals surface area contributed by atoms with E-state index in [4.69, 9.17) is 14.2 Å². The van der Waals surface area contributed by atoms with Crippen molar-refractivity contribution in [2.75, 3.05) is 25.6 Å². The lowest BCUT2D eigenvalue weighted by molar-refractivity contribution is -0.118. The molecule has 0 aliphatic carbocycles. The van der Waals surface area contributed by atoms with Gasteiger partial charge in [-0.2, -0.15) is 9.78 Å². The van der Waals surface area contributed by atoms with Gasteiger partial charge in [0.2, 0.25) is 0 Å². The van der Waals surface area contributed by atoms with E-state index in [0.717, 1.165) is 21.6 Å². The molecular weight excluding hydrogens is 470 g/mol. The fraction of sp³-hybridized carbons (Fsp3) is 0.200. The molecular formula is C25H23N3O6S. The van der Waals surface area contributed by atoms with Crippen molar-refractivity contribution in [3.05, 3.63) is 75.5 Å². The van der Waals surface area contributed by atoms with Crippen molar-refractivity contribution < 1.29 is 23.8 Å². The third-order valence-corrected chi connectivity index (χ3v) is 5.95. The van der Waals surface area contributed by atoms with Crippen molar-refractivity contribution in [2.45, 2.75) is 13.8 Å². The van der Waals surface area contributed by atoms with E-state index in [-0.39, 0.29) is 24.3 Å². The van der Waals surface area contributed by atoms with Crippen LogP contribution in [0.4, 0.5) is 5.00 Å². The van der Waals surface area contributed by atoms with Crippen LogP contribution in [-0.2, 0) is 9.53 Å². The van der Waals surface area contributed by atoms with Crippen LogP contribution in [0.2, 0.25) is 0 Å². The Morgan fingerprint density at radius 2 is 1.86 bits per heavy atom. The van der Waals surface area contributed by atoms with Gasteiger partial charge < -0.3 is 19.5 Å². The quantitative estimate of drug-likeness (QED) is 0.370. The topological polar surface area (TPSA) is 109 Å². The highest BCUT2D eigenvalue weighted by Crippen LogP contribution is 2.30. The number of rotatable bonds is 8. The van der Waals surface area contributed by atoms with Gasteiger partial charge in [0, 0.05) is 10.8 Å². The molecule has 0 radical (unpaired) electrons. The number of nitrogens with zero attached hydrogens (tertiary/aromatic N) is 2. The second kappa shape index (κ2) is 10.4. The minimum absolute atomic E-state index is 0.00538. The van der Waals surface area contributed by atoms with Crippen LogP contribution in [0.3, 0.4) is 0 Å². The lowest BCUT2D eigenvalue weighted by atomic mass is 10.2. The van der Waals surface area contributed by atoms with Crippen LogP contribution in [0, 0.1) is 6.92 Å². The second-order valence-electron chi connectivity index (χ2n) is 7.49. The van der Waals surface area contributed by atoms with E-state index in [9.17, 15) is 14.4 Å². The Kier molecular flexibility index (Phi) is 7.11. The molecule has 35 heavy (non-hydrogen) atoms. The molecule has 10 heteroatoms. The molecule has 0 unspecified atom stereocenters. The van der Waals surface area contributed by atoms with Crippen LogP contribution in [-0.4, -0.2) is 42.0 Å². The number of methoxy groups -OCH3 is 1. The van der Waals surface area contributed by atoms with Gasteiger partial charge in [-0.05, 0) is 55.8 Å². The SMILES string of the molecule is CCOC(=O)c1nn(-c2cccc(C)c2)c(=O)c2c(NC(=O)COc3ccc(OC)cc3)scc12. The van der Waals surface area contributed by atoms with E-state index in [2.05, 4.69) is 10.4 Å². The van der Waals surface area contributed by atoms with Crippen LogP contribution in [0.1, 0.15) is 23.0 Å². The Morgan fingerprint density at radius 3 is 2.54 bits per heavy atom. The number of esters is 1. The molecule has 2 aromatic carbocycles. The first kappa shape index (κ1) is 24.0. The average molecular weight is 494 g/mol. The predicted molar refractivity (Wildman–Crippen MR) is 133 cm³/mol. The van der Waals surface area contributed by atoms with Crippen molar-refractivity contribution >= 4 is 39.0 Å². The Labute approximate surface area is 204 Å². The molecule has 0 atom stereocenters. The minimum atomic E-state index is -0.655. The van der Waals surface area contributed by atoms with Gasteiger partial charge >= 0.3 is 5.97 Å². The number of carbonyl (C=O) groups excluding carboxylic acids is 2. The number of aryl methyl sites for hydroxylation is 1. The van der Waals surface area contributed by atoms with Crippen LogP contribution < -0.4 is 20.3 Å². The Balaban J connectivity index is 1.68. The van der Waals surface area contributed by atoms with Crippen LogP contribution in [0.25, 0.3) is 16.5 Å². The van der Waals surface area contributed by atoms with Gasteiger partial charge in [-0.1, -0.05) is 12.1 Å². The van der Waals surface area contributed by atoms with Crippen LogP contribution in [0.15, 0.2) is 58.7 Å². The summed E-state index contributed by atoms with van der Waals surface area (Å²) in [7, 11) is 1.56. The summed E-state index contributed by atoms with van der Waals surface area (Å²) in [6.07, 6.45) is 0. The molecule has 4 rings (SSSR count). The third kappa shape index (κ3) is 5.17. The van der Waals surface area contributed by atoms with E-state index in [1.165, 1.54) is 0 Å². The van der Waals surface area contributed by atoms with Gasteiger partial charge in [0.05, 0.1) is 24.8 Å². The fourth-order valence-electron chi connectivity index (χ4n) is 3.41. The predicted octanol–water partition coefficient (Wildman–Crippen LogP) is 3.96. The number of carbonyl (C=O) groups is 2. The molecule has 2 heterocycles. The molecule has 0 aliphatic heterocycles. The Morgan fingerprint density at radius 1 is 1.11 bits per heavy atom. The van der Waals surface area contributed by atoms with Crippen LogP contribution >= 0.6 is 11.3 Å². The zero-order valence-corrected chi connectivity index (χ0v) is 20.2. The highest BCUT2D eigenvalue weighted by atomic mass is 32.1. The van der Waals surface area contributed by atoms with Gasteiger partial charge in [-0.3, -0.25) is 9.59 Å². The zero-order valence-electron chi connectivity index (χ0n) is 19.4. The molecule has 0 bridgehead atoms. The number of nitrogens with one attached hydrogen (secondary N) is 1. The number of hydrogen-bond acceptors (Lipinski definition) is 8. The number of aromatic nitrogens is 2. The van der Waals surface area contributed by atoms with E-state index < -0.39 is 17.4 Å². The summed E-state index contributed by atoms with van der Waals surface area (Å²) in [6.45, 7) is 3.46. The maximum atomic E-state index is 13.4. The molecule has 0 saturated heterocycles. The minimum Gasteiger partial charge on any atom is -0.497 e. The van der Waals surface area contributed by atoms with E-state index in [0.29, 0.717) is 27.6 Å². The summed E-state index contributed by atoms with van der Waals surface area (Å²) < 4.78 is 16.9. The number of amides is 1. The largest absolute Gasteiger partial charge is 0.497 e. The maximum Gasteiger partial charge on any atom is 0.359 e. The molecule has 1 N–H and O–H groups in total. The number of thiophene rings is 1. The fourth-order valence-corrected chi connectivity index (χ4v) is 4.36. The average Bonchev–Trinajstić information content (AvgIpc) is 3.27. The highest BCUT2D eigenvalue weighted by molar-refractivity contribution is 7.16. The smallest absolute Gasteiger partial charge is 0.359 e.